The average molecular weight is 1060 g/mol. The Kier molecular flexibility index (Phi) is 63.9. The molecule has 0 aliphatic rings. The van der Waals surface area contributed by atoms with Crippen LogP contribution in [0.5, 0.6) is 0 Å². The van der Waals surface area contributed by atoms with Crippen molar-refractivity contribution in [1.82, 2.24) is 5.32 Å². The average Bonchev–Trinajstić information content (AvgIpc) is 3.41. The summed E-state index contributed by atoms with van der Waals surface area (Å²) in [5.74, 6) is -0.0488. The van der Waals surface area contributed by atoms with Gasteiger partial charge in [-0.05, 0) is 32.1 Å². The SMILES string of the molecule is CCCCCCCCCCCCCCCCCCCCCC/C=C/C(O)C(CO)NC(=O)CCCCCCCCCCCCCCCCCCCCCCCOC(=O)CCCCCCCCCCCCCCCCC. The zero-order valence-electron chi connectivity index (χ0n) is 51.1. The molecule has 0 saturated carbocycles. The number of carbonyl (C=O) groups is 2. The molecule has 0 rings (SSSR count). The third kappa shape index (κ3) is 61.7. The highest BCUT2D eigenvalue weighted by molar-refractivity contribution is 5.76. The minimum absolute atomic E-state index is 0.0154. The first kappa shape index (κ1) is 73.6. The van der Waals surface area contributed by atoms with Gasteiger partial charge in [0.2, 0.25) is 5.91 Å². The summed E-state index contributed by atoms with van der Waals surface area (Å²) in [6.45, 7) is 4.95. The lowest BCUT2D eigenvalue weighted by Gasteiger charge is -2.20. The second kappa shape index (κ2) is 65.1. The standard InChI is InChI=1S/C69H135NO5/c1-3-5-7-9-11-13-15-17-19-20-21-22-24-27-30-34-37-41-45-49-53-57-61-67(72)66(65-71)70-68(73)62-58-54-50-46-42-38-35-31-28-25-23-26-29-32-36-40-44-48-52-56-60-64-75-69(74)63-59-55-51-47-43-39-33-18-16-14-12-10-8-6-4-2/h57,61,66-67,71-72H,3-56,58-60,62-65H2,1-2H3,(H,70,73)/b61-57+. The normalized spacial score (nSPS) is 12.5. The molecule has 75 heavy (non-hydrogen) atoms. The summed E-state index contributed by atoms with van der Waals surface area (Å²) in [5.41, 5.74) is 0. The molecule has 0 heterocycles. The number of carbonyl (C=O) groups excluding carboxylic acids is 2. The van der Waals surface area contributed by atoms with E-state index < -0.39 is 12.1 Å². The van der Waals surface area contributed by atoms with E-state index in [0.717, 1.165) is 38.5 Å². The van der Waals surface area contributed by atoms with Crippen molar-refractivity contribution in [1.29, 1.82) is 0 Å². The van der Waals surface area contributed by atoms with E-state index in [2.05, 4.69) is 19.2 Å². The highest BCUT2D eigenvalue weighted by atomic mass is 16.5. The van der Waals surface area contributed by atoms with Crippen molar-refractivity contribution in [3.63, 3.8) is 0 Å². The van der Waals surface area contributed by atoms with Crippen LogP contribution in [0, 0.1) is 0 Å². The second-order valence-corrected chi connectivity index (χ2v) is 23.9. The van der Waals surface area contributed by atoms with Gasteiger partial charge in [0.15, 0.2) is 0 Å². The molecule has 0 aromatic carbocycles. The molecular formula is C69H135NO5. The Balaban J connectivity index is 3.40. The number of nitrogens with one attached hydrogen (secondary N) is 1. The molecule has 2 unspecified atom stereocenters. The first-order valence-electron chi connectivity index (χ1n) is 34.5. The summed E-state index contributed by atoms with van der Waals surface area (Å²) in [6.07, 6.45) is 79.9. The molecule has 0 spiro atoms. The van der Waals surface area contributed by atoms with Gasteiger partial charge in [0.1, 0.15) is 0 Å². The number of hydrogen-bond donors (Lipinski definition) is 3. The number of aliphatic hydroxyl groups excluding tert-OH is 2. The van der Waals surface area contributed by atoms with Crippen LogP contribution >= 0.6 is 0 Å². The number of amides is 1. The van der Waals surface area contributed by atoms with E-state index in [1.807, 2.05) is 6.08 Å². The lowest BCUT2D eigenvalue weighted by Crippen LogP contribution is -2.45. The summed E-state index contributed by atoms with van der Waals surface area (Å²) in [6, 6.07) is -0.629. The Labute approximate surface area is 469 Å². The van der Waals surface area contributed by atoms with Gasteiger partial charge >= 0.3 is 5.97 Å². The number of aliphatic hydroxyl groups is 2. The van der Waals surface area contributed by atoms with Crippen molar-refractivity contribution in [2.45, 2.75) is 405 Å². The van der Waals surface area contributed by atoms with Crippen LogP contribution in [0.1, 0.15) is 393 Å². The van der Waals surface area contributed by atoms with Crippen LogP contribution < -0.4 is 5.32 Å². The van der Waals surface area contributed by atoms with Crippen LogP contribution in [-0.4, -0.2) is 47.4 Å². The lowest BCUT2D eigenvalue weighted by molar-refractivity contribution is -0.143. The third-order valence-corrected chi connectivity index (χ3v) is 16.3. The summed E-state index contributed by atoms with van der Waals surface area (Å²) in [5, 5.41) is 23.3. The first-order valence-corrected chi connectivity index (χ1v) is 34.5. The van der Waals surface area contributed by atoms with Crippen molar-refractivity contribution in [3.05, 3.63) is 12.2 Å². The maximum absolute atomic E-state index is 12.5. The predicted molar refractivity (Wildman–Crippen MR) is 329 cm³/mol. The van der Waals surface area contributed by atoms with Crippen LogP contribution in [0.15, 0.2) is 12.2 Å². The summed E-state index contributed by atoms with van der Waals surface area (Å²) in [7, 11) is 0. The molecule has 3 N–H and O–H groups in total. The second-order valence-electron chi connectivity index (χ2n) is 23.9. The highest BCUT2D eigenvalue weighted by Gasteiger charge is 2.18. The van der Waals surface area contributed by atoms with Crippen molar-refractivity contribution < 1.29 is 24.5 Å². The van der Waals surface area contributed by atoms with Crippen LogP contribution in [0.2, 0.25) is 0 Å². The molecule has 0 aliphatic carbocycles. The summed E-state index contributed by atoms with van der Waals surface area (Å²) >= 11 is 0. The van der Waals surface area contributed by atoms with Crippen molar-refractivity contribution >= 4 is 11.9 Å². The number of ether oxygens (including phenoxy) is 1. The minimum Gasteiger partial charge on any atom is -0.466 e. The monoisotopic (exact) mass is 1060 g/mol. The number of unbranched alkanes of at least 4 members (excludes halogenated alkanes) is 54. The molecule has 0 aromatic rings. The van der Waals surface area contributed by atoms with E-state index in [0.29, 0.717) is 19.4 Å². The van der Waals surface area contributed by atoms with Crippen molar-refractivity contribution in [3.8, 4) is 0 Å². The van der Waals surface area contributed by atoms with Crippen LogP contribution in [-0.2, 0) is 14.3 Å². The lowest BCUT2D eigenvalue weighted by atomic mass is 10.0. The molecule has 0 fully saturated rings. The van der Waals surface area contributed by atoms with Gasteiger partial charge in [0.25, 0.3) is 0 Å². The Bertz CT molecular complexity index is 1130. The van der Waals surface area contributed by atoms with Gasteiger partial charge < -0.3 is 20.3 Å². The largest absolute Gasteiger partial charge is 0.466 e. The van der Waals surface area contributed by atoms with Gasteiger partial charge in [-0.2, -0.15) is 0 Å². The smallest absolute Gasteiger partial charge is 0.305 e. The molecule has 446 valence electrons. The molecule has 0 aromatic heterocycles. The Morgan fingerprint density at radius 2 is 0.613 bits per heavy atom. The van der Waals surface area contributed by atoms with Crippen LogP contribution in [0.3, 0.4) is 0 Å². The number of hydrogen-bond acceptors (Lipinski definition) is 5. The predicted octanol–water partition coefficient (Wildman–Crippen LogP) is 22.0. The van der Waals surface area contributed by atoms with Crippen molar-refractivity contribution in [2.75, 3.05) is 13.2 Å². The van der Waals surface area contributed by atoms with E-state index in [-0.39, 0.29) is 18.5 Å². The molecule has 0 saturated heterocycles. The Hall–Kier alpha value is -1.40. The highest BCUT2D eigenvalue weighted by Crippen LogP contribution is 2.19. The first-order chi connectivity index (χ1) is 37.0. The fourth-order valence-electron chi connectivity index (χ4n) is 11.1. The Morgan fingerprint density at radius 3 is 0.907 bits per heavy atom. The topological polar surface area (TPSA) is 95.9 Å². The zero-order valence-corrected chi connectivity index (χ0v) is 51.1. The van der Waals surface area contributed by atoms with Gasteiger partial charge in [-0.15, -0.1) is 0 Å². The molecule has 6 heteroatoms. The minimum atomic E-state index is -0.846. The van der Waals surface area contributed by atoms with E-state index >= 15 is 0 Å². The van der Waals surface area contributed by atoms with E-state index in [1.165, 1.54) is 327 Å². The molecule has 6 nitrogen and oxygen atoms in total. The van der Waals surface area contributed by atoms with Gasteiger partial charge in [0.05, 0.1) is 25.4 Å². The molecule has 0 radical (unpaired) electrons. The third-order valence-electron chi connectivity index (χ3n) is 16.3. The van der Waals surface area contributed by atoms with E-state index in [1.54, 1.807) is 6.08 Å². The fourth-order valence-corrected chi connectivity index (χ4v) is 11.1. The van der Waals surface area contributed by atoms with Crippen molar-refractivity contribution in [2.24, 2.45) is 0 Å². The fraction of sp³-hybridized carbons (Fsp3) is 0.942. The maximum Gasteiger partial charge on any atom is 0.305 e. The summed E-state index contributed by atoms with van der Waals surface area (Å²) in [4.78, 5) is 24.6. The maximum atomic E-state index is 12.5. The zero-order chi connectivity index (χ0) is 54.3. The summed E-state index contributed by atoms with van der Waals surface area (Å²) < 4.78 is 5.50. The van der Waals surface area contributed by atoms with E-state index in [9.17, 15) is 19.8 Å². The molecular weight excluding hydrogens is 923 g/mol. The van der Waals surface area contributed by atoms with Crippen LogP contribution in [0.4, 0.5) is 0 Å². The van der Waals surface area contributed by atoms with Gasteiger partial charge in [-0.1, -0.05) is 360 Å². The number of allylic oxidation sites excluding steroid dienone is 1. The molecule has 1 amide bonds. The molecule has 2 atom stereocenters. The quantitative estimate of drug-likeness (QED) is 0.0320. The molecule has 0 aliphatic heterocycles. The molecule has 0 bridgehead atoms. The van der Waals surface area contributed by atoms with Crippen LogP contribution in [0.25, 0.3) is 0 Å². The Morgan fingerprint density at radius 1 is 0.360 bits per heavy atom. The number of rotatable bonds is 65. The number of esters is 1. The van der Waals surface area contributed by atoms with Gasteiger partial charge in [-0.3, -0.25) is 9.59 Å². The van der Waals surface area contributed by atoms with Gasteiger partial charge in [0, 0.05) is 12.8 Å². The van der Waals surface area contributed by atoms with E-state index in [4.69, 9.17) is 4.74 Å². The van der Waals surface area contributed by atoms with Gasteiger partial charge in [-0.25, -0.2) is 0 Å².